The molecule has 0 bridgehead atoms. The van der Waals surface area contributed by atoms with E-state index >= 15 is 0 Å². The number of rotatable bonds is 7. The van der Waals surface area contributed by atoms with Gasteiger partial charge in [0.1, 0.15) is 5.82 Å². The first kappa shape index (κ1) is 25.7. The first-order valence-corrected chi connectivity index (χ1v) is 12.6. The molecule has 2 aromatic carbocycles. The number of pyridine rings is 1. The minimum Gasteiger partial charge on any atom is -0.412 e. The normalized spacial score (nSPS) is 17.1. The van der Waals surface area contributed by atoms with Crippen LogP contribution in [0.1, 0.15) is 29.5 Å². The molecule has 1 amide bonds. The summed E-state index contributed by atoms with van der Waals surface area (Å²) < 4.78 is 49.9. The number of amides is 1. The second-order valence-electron chi connectivity index (χ2n) is 8.70. The highest BCUT2D eigenvalue weighted by Gasteiger charge is 2.53. The van der Waals surface area contributed by atoms with Gasteiger partial charge in [0.2, 0.25) is 5.91 Å². The predicted octanol–water partition coefficient (Wildman–Crippen LogP) is 3.61. The Morgan fingerprint density at radius 3 is 2.42 bits per heavy atom. The zero-order valence-corrected chi connectivity index (χ0v) is 20.4. The molecule has 5 rings (SSSR count). The van der Waals surface area contributed by atoms with Crippen LogP contribution in [0.4, 0.5) is 14.6 Å². The highest BCUT2D eigenvalue weighted by atomic mass is 32.2. The summed E-state index contributed by atoms with van der Waals surface area (Å²) in [5, 5.41) is 2.89. The minimum atomic E-state index is -3.70. The Labute approximate surface area is 208 Å². The van der Waals surface area contributed by atoms with Crippen molar-refractivity contribution in [2.45, 2.75) is 38.0 Å². The van der Waals surface area contributed by atoms with Gasteiger partial charge >= 0.3 is 6.29 Å². The fourth-order valence-corrected chi connectivity index (χ4v) is 4.48. The van der Waals surface area contributed by atoms with Gasteiger partial charge in [-0.3, -0.25) is 4.79 Å². The quantitative estimate of drug-likeness (QED) is 0.496. The Balaban J connectivity index is 0.00000304. The maximum Gasteiger partial charge on any atom is 0.586 e. The predicted molar refractivity (Wildman–Crippen MR) is 131 cm³/mol. The first-order valence-electron chi connectivity index (χ1n) is 11.0. The Hall–Kier alpha value is -3.41. The van der Waals surface area contributed by atoms with E-state index in [-0.39, 0.29) is 22.9 Å². The number of carbonyl (C=O) groups is 1. The van der Waals surface area contributed by atoms with E-state index in [0.717, 1.165) is 22.4 Å². The summed E-state index contributed by atoms with van der Waals surface area (Å²) in [7, 11) is -1.09. The molecule has 0 radical (unpaired) electrons. The van der Waals surface area contributed by atoms with E-state index in [0.29, 0.717) is 30.8 Å². The third-order valence-electron chi connectivity index (χ3n) is 6.18. The molecule has 8 nitrogen and oxygen atoms in total. The number of hydrogen-bond acceptors (Lipinski definition) is 5. The number of nitrogens with one attached hydrogen (secondary N) is 2. The van der Waals surface area contributed by atoms with Crippen molar-refractivity contribution in [2.24, 2.45) is 0 Å². The number of aryl methyl sites for hydroxylation is 1. The smallest absolute Gasteiger partial charge is 0.412 e. The molecule has 11 heteroatoms. The van der Waals surface area contributed by atoms with Gasteiger partial charge in [-0.2, -0.15) is 0 Å². The van der Waals surface area contributed by atoms with Gasteiger partial charge in [-0.1, -0.05) is 36.4 Å². The number of ether oxygens (including phenoxy) is 2. The number of hydrogen-bond donors (Lipinski definition) is 2. The lowest BCUT2D eigenvalue weighted by molar-refractivity contribution is -0.286. The summed E-state index contributed by atoms with van der Waals surface area (Å²) >= 11 is 0. The number of carbonyl (C=O) groups excluding carboxylic acids is 1. The fraction of sp³-hybridized carbons (Fsp3) is 0.280. The van der Waals surface area contributed by atoms with Crippen molar-refractivity contribution >= 4 is 22.7 Å². The molecule has 0 saturated heterocycles. The van der Waals surface area contributed by atoms with Crippen molar-refractivity contribution in [3.63, 3.8) is 0 Å². The van der Waals surface area contributed by atoms with Crippen LogP contribution in [0, 0.1) is 6.92 Å². The molecule has 3 aromatic rings. The Kier molecular flexibility index (Phi) is 6.82. The highest BCUT2D eigenvalue weighted by Crippen LogP contribution is 2.52. The molecule has 36 heavy (non-hydrogen) atoms. The van der Waals surface area contributed by atoms with Crippen molar-refractivity contribution in [3.8, 4) is 22.8 Å². The maximum atomic E-state index is 13.4. The lowest BCUT2D eigenvalue weighted by Crippen LogP contribution is -2.28. The van der Waals surface area contributed by atoms with E-state index in [4.69, 9.17) is 0 Å². The lowest BCUT2D eigenvalue weighted by Gasteiger charge is -2.17. The molecule has 1 aliphatic heterocycles. The van der Waals surface area contributed by atoms with E-state index in [1.807, 2.05) is 37.3 Å². The van der Waals surface area contributed by atoms with Crippen molar-refractivity contribution in [2.75, 3.05) is 11.6 Å². The third-order valence-corrected chi connectivity index (χ3v) is 6.73. The Morgan fingerprint density at radius 2 is 1.75 bits per heavy atom. The molecular formula is C25H25F2N3O5S. The molecule has 1 fully saturated rings. The average Bonchev–Trinajstić information content (AvgIpc) is 3.56. The summed E-state index contributed by atoms with van der Waals surface area (Å²) in [5.74, 6) is 0.0244. The summed E-state index contributed by atoms with van der Waals surface area (Å²) in [6.07, 6.45) is -0.943. The summed E-state index contributed by atoms with van der Waals surface area (Å²) in [5.41, 5.74) is 3.33. The van der Waals surface area contributed by atoms with Crippen LogP contribution < -0.4 is 19.5 Å². The Morgan fingerprint density at radius 1 is 1.06 bits per heavy atom. The number of benzene rings is 2. The average molecular weight is 518 g/mol. The van der Waals surface area contributed by atoms with Gasteiger partial charge in [-0.05, 0) is 54.7 Å². The maximum absolute atomic E-state index is 13.4. The summed E-state index contributed by atoms with van der Waals surface area (Å²) in [4.78, 5) is 17.9. The highest BCUT2D eigenvalue weighted by molar-refractivity contribution is 7.82. The minimum absolute atomic E-state index is 0. The summed E-state index contributed by atoms with van der Waals surface area (Å²) in [6.45, 7) is 2.43. The van der Waals surface area contributed by atoms with Crippen LogP contribution in [-0.4, -0.2) is 33.1 Å². The fourth-order valence-electron chi connectivity index (χ4n) is 4.11. The number of alkyl halides is 2. The molecule has 4 N–H and O–H groups in total. The molecule has 0 spiro atoms. The molecule has 2 aliphatic rings. The van der Waals surface area contributed by atoms with Crippen LogP contribution in [0.25, 0.3) is 11.3 Å². The van der Waals surface area contributed by atoms with E-state index in [1.54, 1.807) is 18.4 Å². The van der Waals surface area contributed by atoms with Crippen LogP contribution in [-0.2, 0) is 27.7 Å². The van der Waals surface area contributed by atoms with Gasteiger partial charge in [0, 0.05) is 18.4 Å². The number of anilines is 1. The molecule has 1 aliphatic carbocycles. The van der Waals surface area contributed by atoms with Crippen molar-refractivity contribution in [3.05, 3.63) is 71.3 Å². The first-order chi connectivity index (χ1) is 16.6. The number of fused-ring (bicyclic) bond motifs is 1. The molecule has 2 heterocycles. The van der Waals surface area contributed by atoms with Crippen LogP contribution in [0.2, 0.25) is 0 Å². The van der Waals surface area contributed by atoms with Crippen LogP contribution in [0.3, 0.4) is 0 Å². The van der Waals surface area contributed by atoms with Gasteiger partial charge in [-0.15, -0.1) is 8.78 Å². The van der Waals surface area contributed by atoms with Crippen LogP contribution >= 0.6 is 0 Å². The summed E-state index contributed by atoms with van der Waals surface area (Å²) in [6, 6.07) is 15.8. The number of aromatic nitrogens is 1. The third kappa shape index (κ3) is 5.08. The lowest BCUT2D eigenvalue weighted by atomic mass is 9.94. The molecule has 1 saturated carbocycles. The molecule has 1 aromatic heterocycles. The second-order valence-corrected chi connectivity index (χ2v) is 9.90. The largest absolute Gasteiger partial charge is 0.586 e. The number of nitrogens with zero attached hydrogens (tertiary/aromatic N) is 1. The van der Waals surface area contributed by atoms with Gasteiger partial charge < -0.3 is 20.3 Å². The zero-order valence-electron chi connectivity index (χ0n) is 19.6. The van der Waals surface area contributed by atoms with E-state index < -0.39 is 22.7 Å². The monoisotopic (exact) mass is 517 g/mol. The van der Waals surface area contributed by atoms with Crippen molar-refractivity contribution in [1.29, 1.82) is 0 Å². The van der Waals surface area contributed by atoms with E-state index in [1.165, 1.54) is 12.1 Å². The molecule has 1 unspecified atom stereocenters. The van der Waals surface area contributed by atoms with Gasteiger partial charge in [0.15, 0.2) is 11.5 Å². The molecular weight excluding hydrogens is 492 g/mol. The topological polar surface area (TPSA) is 121 Å². The van der Waals surface area contributed by atoms with E-state index in [2.05, 4.69) is 24.5 Å². The molecule has 1 atom stereocenters. The van der Waals surface area contributed by atoms with Crippen LogP contribution in [0.5, 0.6) is 11.5 Å². The van der Waals surface area contributed by atoms with Crippen molar-refractivity contribution < 1.29 is 32.7 Å². The second kappa shape index (κ2) is 9.57. The van der Waals surface area contributed by atoms with E-state index in [9.17, 15) is 17.8 Å². The SMILES string of the molecule is Cc1ccc(NC(=O)C2(c3ccc4c(c3)OC(F)(F)O4)CC2)nc1-c1ccc(CNS(C)=O)cc1.O. The Bertz CT molecular complexity index is 1330. The number of halogens is 2. The van der Waals surface area contributed by atoms with Crippen molar-refractivity contribution in [1.82, 2.24) is 9.71 Å². The van der Waals surface area contributed by atoms with Gasteiger partial charge in [0.25, 0.3) is 0 Å². The van der Waals surface area contributed by atoms with Gasteiger partial charge in [0.05, 0.1) is 22.1 Å². The standard InChI is InChI=1S/C25H23F2N3O4S.H2O/c1-15-3-10-21(29-22(15)17-6-4-16(5-7-17)14-28-35(2)32)30-23(31)24(11-12-24)18-8-9-19-20(13-18)34-25(26,27)33-19;/h3-10,13,28H,11-12,14H2,1-2H3,(H,29,30,31);1H2. The molecule has 190 valence electrons. The van der Waals surface area contributed by atoms with Crippen LogP contribution in [0.15, 0.2) is 54.6 Å². The zero-order chi connectivity index (χ0) is 24.8. The van der Waals surface area contributed by atoms with Gasteiger partial charge in [-0.25, -0.2) is 13.9 Å².